The number of ketones is 1. The van der Waals surface area contributed by atoms with Gasteiger partial charge in [0, 0.05) is 19.5 Å². The molecule has 0 bridgehead atoms. The fourth-order valence-corrected chi connectivity index (χ4v) is 2.00. The van der Waals surface area contributed by atoms with E-state index in [0.717, 1.165) is 32.4 Å². The second-order valence-electron chi connectivity index (χ2n) is 4.09. The molecule has 1 aliphatic heterocycles. The van der Waals surface area contributed by atoms with Crippen LogP contribution in [0.3, 0.4) is 0 Å². The predicted octanol–water partition coefficient (Wildman–Crippen LogP) is 2.56. The first-order chi connectivity index (χ1) is 7.29. The van der Waals surface area contributed by atoms with Crippen LogP contribution in [0.4, 0.5) is 0 Å². The highest BCUT2D eigenvalue weighted by atomic mass is 16.1. The molecule has 2 fully saturated rings. The Bertz CT molecular complexity index is 225. The maximum atomic E-state index is 11.4. The van der Waals surface area contributed by atoms with Crippen molar-refractivity contribution in [2.24, 2.45) is 0 Å². The lowest BCUT2D eigenvalue weighted by Crippen LogP contribution is -2.50. The molecule has 0 aromatic rings. The highest BCUT2D eigenvalue weighted by Gasteiger charge is 2.30. The van der Waals surface area contributed by atoms with Crippen LogP contribution < -0.4 is 0 Å². The van der Waals surface area contributed by atoms with Crippen LogP contribution in [0.15, 0.2) is 25.3 Å². The van der Waals surface area contributed by atoms with Crippen LogP contribution in [-0.2, 0) is 4.79 Å². The Labute approximate surface area is 92.7 Å². The summed E-state index contributed by atoms with van der Waals surface area (Å²) < 4.78 is 0. The third kappa shape index (κ3) is 3.63. The zero-order chi connectivity index (χ0) is 11.1. The normalized spacial score (nSPS) is 25.9. The molecule has 84 valence electrons. The fourth-order valence-electron chi connectivity index (χ4n) is 2.00. The summed E-state index contributed by atoms with van der Waals surface area (Å²) >= 11 is 0. The summed E-state index contributed by atoms with van der Waals surface area (Å²) in [4.78, 5) is 13.7. The Balaban J connectivity index is 0.000000245. The van der Waals surface area contributed by atoms with E-state index in [4.69, 9.17) is 0 Å². The molecule has 2 heteroatoms. The smallest absolute Gasteiger partial charge is 0.149 e. The number of allylic oxidation sites excluding steroid dienone is 2. The first-order valence-corrected chi connectivity index (χ1v) is 5.80. The van der Waals surface area contributed by atoms with Gasteiger partial charge in [0.1, 0.15) is 5.78 Å². The van der Waals surface area contributed by atoms with Gasteiger partial charge in [0.25, 0.3) is 0 Å². The van der Waals surface area contributed by atoms with Gasteiger partial charge in [-0.1, -0.05) is 31.7 Å². The minimum atomic E-state index is 0.317. The van der Waals surface area contributed by atoms with Crippen LogP contribution in [-0.4, -0.2) is 29.8 Å². The Morgan fingerprint density at radius 3 is 2.20 bits per heavy atom. The van der Waals surface area contributed by atoms with Crippen LogP contribution in [0.1, 0.15) is 32.1 Å². The quantitative estimate of drug-likeness (QED) is 0.649. The molecule has 2 aliphatic rings. The van der Waals surface area contributed by atoms with Gasteiger partial charge >= 0.3 is 0 Å². The third-order valence-electron chi connectivity index (χ3n) is 3.02. The lowest BCUT2D eigenvalue weighted by atomic mass is 9.91. The predicted molar refractivity (Wildman–Crippen MR) is 63.8 cm³/mol. The lowest BCUT2D eigenvalue weighted by Gasteiger charge is -2.39. The molecule has 2 nitrogen and oxygen atoms in total. The van der Waals surface area contributed by atoms with E-state index in [1.165, 1.54) is 12.8 Å². The summed E-state index contributed by atoms with van der Waals surface area (Å²) in [6, 6.07) is 0.317. The average Bonchev–Trinajstić information content (AvgIpc) is 2.19. The van der Waals surface area contributed by atoms with Crippen LogP contribution in [0.5, 0.6) is 0 Å². The van der Waals surface area contributed by atoms with E-state index in [0.29, 0.717) is 11.8 Å². The summed E-state index contributed by atoms with van der Waals surface area (Å²) in [5, 5.41) is 0. The number of hydrogen-bond donors (Lipinski definition) is 0. The van der Waals surface area contributed by atoms with E-state index in [9.17, 15) is 4.79 Å². The number of carbonyl (C=O) groups is 1. The van der Waals surface area contributed by atoms with Gasteiger partial charge in [0.05, 0.1) is 6.04 Å². The standard InChI is InChI=1S/C9H15NO.C4H6/c11-9-5-2-1-4-8(9)10-6-3-7-10;1-3-4-2/h8H,1-7H2;3-4H,1-2H2/t8-;/m0./s1. The third-order valence-corrected chi connectivity index (χ3v) is 3.02. The molecular formula is C13H21NO. The molecule has 0 aromatic carbocycles. The Kier molecular flexibility index (Phi) is 5.33. The van der Waals surface area contributed by atoms with E-state index in [1.807, 2.05) is 0 Å². The summed E-state index contributed by atoms with van der Waals surface area (Å²) in [6.45, 7) is 9.05. The molecule has 0 spiro atoms. The number of likely N-dealkylation sites (tertiary alicyclic amines) is 1. The molecule has 1 atom stereocenters. The van der Waals surface area contributed by atoms with Crippen LogP contribution in [0.25, 0.3) is 0 Å². The molecule has 1 saturated heterocycles. The van der Waals surface area contributed by atoms with Gasteiger partial charge in [0.2, 0.25) is 0 Å². The van der Waals surface area contributed by atoms with Gasteiger partial charge in [-0.05, 0) is 19.3 Å². The summed E-state index contributed by atoms with van der Waals surface area (Å²) in [5.41, 5.74) is 0. The maximum Gasteiger partial charge on any atom is 0.149 e. The van der Waals surface area contributed by atoms with Gasteiger partial charge in [-0.3, -0.25) is 9.69 Å². The molecule has 2 rings (SSSR count). The molecule has 1 saturated carbocycles. The number of Topliss-reactive ketones (excluding diaryl/α,β-unsaturated/α-hetero) is 1. The molecular weight excluding hydrogens is 186 g/mol. The van der Waals surface area contributed by atoms with E-state index in [2.05, 4.69) is 18.1 Å². The second kappa shape index (κ2) is 6.57. The largest absolute Gasteiger partial charge is 0.298 e. The molecule has 0 radical (unpaired) electrons. The highest BCUT2D eigenvalue weighted by Crippen LogP contribution is 2.23. The molecule has 1 heterocycles. The summed E-state index contributed by atoms with van der Waals surface area (Å²) in [5.74, 6) is 0.496. The number of carbonyl (C=O) groups excluding carboxylic acids is 1. The maximum absolute atomic E-state index is 11.4. The minimum Gasteiger partial charge on any atom is -0.298 e. The first kappa shape index (κ1) is 12.2. The van der Waals surface area contributed by atoms with Gasteiger partial charge in [-0.25, -0.2) is 0 Å². The monoisotopic (exact) mass is 207 g/mol. The number of nitrogens with zero attached hydrogens (tertiary/aromatic N) is 1. The molecule has 0 aromatic heterocycles. The highest BCUT2D eigenvalue weighted by molar-refractivity contribution is 5.84. The van der Waals surface area contributed by atoms with Crippen LogP contribution >= 0.6 is 0 Å². The van der Waals surface area contributed by atoms with Crippen molar-refractivity contribution in [3.63, 3.8) is 0 Å². The van der Waals surface area contributed by atoms with Crippen molar-refractivity contribution in [2.45, 2.75) is 38.1 Å². The molecule has 0 unspecified atom stereocenters. The van der Waals surface area contributed by atoms with Gasteiger partial charge in [-0.2, -0.15) is 0 Å². The second-order valence-corrected chi connectivity index (χ2v) is 4.09. The average molecular weight is 207 g/mol. The number of hydrogen-bond acceptors (Lipinski definition) is 2. The fraction of sp³-hybridized carbons (Fsp3) is 0.615. The summed E-state index contributed by atoms with van der Waals surface area (Å²) in [6.07, 6.45) is 8.92. The van der Waals surface area contributed by atoms with E-state index in [-0.39, 0.29) is 0 Å². The van der Waals surface area contributed by atoms with Crippen molar-refractivity contribution in [3.8, 4) is 0 Å². The van der Waals surface area contributed by atoms with Crippen LogP contribution in [0.2, 0.25) is 0 Å². The van der Waals surface area contributed by atoms with E-state index >= 15 is 0 Å². The van der Waals surface area contributed by atoms with Crippen molar-refractivity contribution >= 4 is 5.78 Å². The zero-order valence-corrected chi connectivity index (χ0v) is 9.45. The van der Waals surface area contributed by atoms with Crippen molar-refractivity contribution in [2.75, 3.05) is 13.1 Å². The van der Waals surface area contributed by atoms with Crippen molar-refractivity contribution in [1.82, 2.24) is 4.90 Å². The number of rotatable bonds is 2. The van der Waals surface area contributed by atoms with Crippen molar-refractivity contribution < 1.29 is 4.79 Å². The molecule has 0 N–H and O–H groups in total. The minimum absolute atomic E-state index is 0.317. The van der Waals surface area contributed by atoms with Gasteiger partial charge in [0.15, 0.2) is 0 Å². The molecule has 1 aliphatic carbocycles. The Morgan fingerprint density at radius 2 is 1.80 bits per heavy atom. The van der Waals surface area contributed by atoms with Crippen LogP contribution in [0, 0.1) is 0 Å². The van der Waals surface area contributed by atoms with Crippen molar-refractivity contribution in [3.05, 3.63) is 25.3 Å². The SMILES string of the molecule is C=CC=C.O=C1CCCC[C@@H]1N1CCC1. The van der Waals surface area contributed by atoms with Gasteiger partial charge in [-0.15, -0.1) is 0 Å². The first-order valence-electron chi connectivity index (χ1n) is 5.80. The lowest BCUT2D eigenvalue weighted by molar-refractivity contribution is -0.127. The summed E-state index contributed by atoms with van der Waals surface area (Å²) in [7, 11) is 0. The molecule has 15 heavy (non-hydrogen) atoms. The van der Waals surface area contributed by atoms with E-state index < -0.39 is 0 Å². The van der Waals surface area contributed by atoms with Crippen molar-refractivity contribution in [1.29, 1.82) is 0 Å². The van der Waals surface area contributed by atoms with E-state index in [1.54, 1.807) is 12.2 Å². The zero-order valence-electron chi connectivity index (χ0n) is 9.45. The molecule has 0 amide bonds. The Hall–Kier alpha value is -0.890. The van der Waals surface area contributed by atoms with Gasteiger partial charge < -0.3 is 0 Å². The Morgan fingerprint density at radius 1 is 1.13 bits per heavy atom. The topological polar surface area (TPSA) is 20.3 Å².